The summed E-state index contributed by atoms with van der Waals surface area (Å²) in [5.74, 6) is 1.34. The van der Waals surface area contributed by atoms with Crippen molar-refractivity contribution in [3.63, 3.8) is 0 Å². The molecule has 0 saturated carbocycles. The van der Waals surface area contributed by atoms with Gasteiger partial charge in [-0.3, -0.25) is 14.9 Å². The van der Waals surface area contributed by atoms with Crippen LogP contribution in [0.1, 0.15) is 42.5 Å². The van der Waals surface area contributed by atoms with Gasteiger partial charge < -0.3 is 26.2 Å². The Hall–Kier alpha value is -5.07. The van der Waals surface area contributed by atoms with E-state index in [9.17, 15) is 10.2 Å². The van der Waals surface area contributed by atoms with Crippen LogP contribution in [0.3, 0.4) is 0 Å². The summed E-state index contributed by atoms with van der Waals surface area (Å²) >= 11 is 0. The van der Waals surface area contributed by atoms with Crippen molar-refractivity contribution < 1.29 is 10.2 Å². The number of hydrogen-bond donors (Lipinski definition) is 5. The number of pyridine rings is 3. The smallest absolute Gasteiger partial charge is 0.160 e. The summed E-state index contributed by atoms with van der Waals surface area (Å²) in [6.45, 7) is 11.2. The minimum absolute atomic E-state index is 0.241. The van der Waals surface area contributed by atoms with Crippen molar-refractivity contribution in [3.05, 3.63) is 102 Å². The van der Waals surface area contributed by atoms with Crippen molar-refractivity contribution in [2.75, 3.05) is 30.3 Å². The van der Waals surface area contributed by atoms with Crippen LogP contribution in [0.15, 0.2) is 79.5 Å². The molecule has 0 bridgehead atoms. The fraction of sp³-hybridized carbons (Fsp3) is 0.308. The summed E-state index contributed by atoms with van der Waals surface area (Å²) in [6.07, 6.45) is 7.68. The Bertz CT molecular complexity index is 2170. The normalized spacial score (nSPS) is 15.2. The molecular weight excluding hydrogens is 626 g/mol. The van der Waals surface area contributed by atoms with Crippen molar-refractivity contribution in [2.24, 2.45) is 0 Å². The van der Waals surface area contributed by atoms with E-state index in [4.69, 9.17) is 9.97 Å². The van der Waals surface area contributed by atoms with Crippen LogP contribution in [0.4, 0.5) is 23.0 Å². The van der Waals surface area contributed by atoms with Crippen LogP contribution in [0.25, 0.3) is 33.1 Å². The second-order valence-electron chi connectivity index (χ2n) is 13.8. The van der Waals surface area contributed by atoms with Gasteiger partial charge in [-0.2, -0.15) is 0 Å². The number of rotatable bonds is 11. The zero-order valence-corrected chi connectivity index (χ0v) is 28.9. The molecule has 1 atom stereocenters. The Morgan fingerprint density at radius 3 is 2.18 bits per heavy atom. The summed E-state index contributed by atoms with van der Waals surface area (Å²) in [4.78, 5) is 25.4. The van der Waals surface area contributed by atoms with E-state index in [-0.39, 0.29) is 6.10 Å². The molecule has 256 valence electrons. The first kappa shape index (κ1) is 33.4. The van der Waals surface area contributed by atoms with Gasteiger partial charge in [-0.1, -0.05) is 24.3 Å². The number of anilines is 4. The zero-order valence-electron chi connectivity index (χ0n) is 28.9. The van der Waals surface area contributed by atoms with Gasteiger partial charge >= 0.3 is 0 Å². The van der Waals surface area contributed by atoms with Crippen molar-refractivity contribution in [3.8, 4) is 11.1 Å². The Labute approximate surface area is 291 Å². The van der Waals surface area contributed by atoms with E-state index in [1.54, 1.807) is 20.2 Å². The highest BCUT2D eigenvalue weighted by atomic mass is 16.3. The molecule has 2 aromatic carbocycles. The molecule has 0 amide bonds. The zero-order chi connectivity index (χ0) is 34.8. The average molecular weight is 670 g/mol. The molecule has 11 heteroatoms. The van der Waals surface area contributed by atoms with Crippen LogP contribution in [0.2, 0.25) is 0 Å². The Kier molecular flexibility index (Phi) is 9.39. The second-order valence-corrected chi connectivity index (χ2v) is 13.8. The highest BCUT2D eigenvalue weighted by molar-refractivity contribution is 5.92. The largest absolute Gasteiger partial charge is 0.392 e. The molecule has 7 rings (SSSR count). The lowest BCUT2D eigenvalue weighted by molar-refractivity contribution is 0.0795. The number of nitrogens with zero attached hydrogens (tertiary/aromatic N) is 6. The van der Waals surface area contributed by atoms with E-state index in [1.165, 1.54) is 0 Å². The van der Waals surface area contributed by atoms with Gasteiger partial charge in [0.2, 0.25) is 0 Å². The van der Waals surface area contributed by atoms with E-state index in [0.717, 1.165) is 80.7 Å². The standard InChI is InChI=1S/C39H43N9O2/c1-24-30(7-5-9-32(24)46-37-35-28(11-13-41-37)15-27(19-42-35)20-48-14-12-29(49)21-48)31-8-6-10-33(25(31)2)47-38-36-34(44-23-45-38)16-26(18-43-36)17-40-22-39(3,4)50/h5-11,13,15-16,18-19,23,29,40,49-50H,12,14,17,20-22H2,1-4H3,(H,41,46)(H,44,45,47). The summed E-state index contributed by atoms with van der Waals surface area (Å²) in [5, 5.41) is 31.3. The number of benzene rings is 2. The predicted molar refractivity (Wildman–Crippen MR) is 199 cm³/mol. The van der Waals surface area contributed by atoms with Crippen LogP contribution in [-0.4, -0.2) is 71.4 Å². The van der Waals surface area contributed by atoms with Crippen LogP contribution in [0, 0.1) is 13.8 Å². The van der Waals surface area contributed by atoms with Crippen molar-refractivity contribution in [1.82, 2.24) is 35.1 Å². The van der Waals surface area contributed by atoms with Gasteiger partial charge in [0.05, 0.1) is 17.2 Å². The van der Waals surface area contributed by atoms with E-state index >= 15 is 0 Å². The Morgan fingerprint density at radius 1 is 0.820 bits per heavy atom. The highest BCUT2D eigenvalue weighted by Crippen LogP contribution is 2.36. The first-order valence-electron chi connectivity index (χ1n) is 17.0. The molecule has 1 saturated heterocycles. The lowest BCUT2D eigenvalue weighted by atomic mass is 9.94. The van der Waals surface area contributed by atoms with Crippen LogP contribution in [-0.2, 0) is 13.1 Å². The monoisotopic (exact) mass is 669 g/mol. The van der Waals surface area contributed by atoms with Gasteiger partial charge in [0, 0.05) is 68.1 Å². The first-order chi connectivity index (χ1) is 24.1. The van der Waals surface area contributed by atoms with Gasteiger partial charge in [-0.25, -0.2) is 15.0 Å². The maximum Gasteiger partial charge on any atom is 0.160 e. The molecule has 1 fully saturated rings. The molecule has 50 heavy (non-hydrogen) atoms. The minimum atomic E-state index is -0.789. The van der Waals surface area contributed by atoms with E-state index < -0.39 is 5.60 Å². The van der Waals surface area contributed by atoms with Crippen LogP contribution in [0.5, 0.6) is 0 Å². The molecule has 6 aromatic rings. The molecule has 5 N–H and O–H groups in total. The van der Waals surface area contributed by atoms with Crippen molar-refractivity contribution >= 4 is 44.9 Å². The van der Waals surface area contributed by atoms with Crippen LogP contribution >= 0.6 is 0 Å². The van der Waals surface area contributed by atoms with Gasteiger partial charge in [0.1, 0.15) is 17.4 Å². The Balaban J connectivity index is 1.12. The van der Waals surface area contributed by atoms with Crippen molar-refractivity contribution in [2.45, 2.75) is 58.9 Å². The fourth-order valence-corrected chi connectivity index (χ4v) is 6.56. The number of fused-ring (bicyclic) bond motifs is 2. The molecule has 1 aliphatic heterocycles. The van der Waals surface area contributed by atoms with Gasteiger partial charge in [0.15, 0.2) is 11.6 Å². The topological polar surface area (TPSA) is 144 Å². The average Bonchev–Trinajstić information content (AvgIpc) is 3.50. The van der Waals surface area contributed by atoms with E-state index in [2.05, 4.69) is 80.0 Å². The molecule has 1 unspecified atom stereocenters. The number of nitrogens with one attached hydrogen (secondary N) is 3. The van der Waals surface area contributed by atoms with Gasteiger partial charge in [-0.05, 0) is 97.8 Å². The summed E-state index contributed by atoms with van der Waals surface area (Å²) in [5.41, 5.74) is 9.81. The maximum atomic E-state index is 10.0. The van der Waals surface area contributed by atoms with Crippen molar-refractivity contribution in [1.29, 1.82) is 0 Å². The molecule has 4 aromatic heterocycles. The number of aliphatic hydroxyl groups is 2. The van der Waals surface area contributed by atoms with Crippen LogP contribution < -0.4 is 16.0 Å². The molecule has 0 radical (unpaired) electrons. The minimum Gasteiger partial charge on any atom is -0.392 e. The summed E-state index contributed by atoms with van der Waals surface area (Å²) < 4.78 is 0. The van der Waals surface area contributed by atoms with Gasteiger partial charge in [0.25, 0.3) is 0 Å². The molecule has 5 heterocycles. The summed E-state index contributed by atoms with van der Waals surface area (Å²) in [6, 6.07) is 18.6. The number of likely N-dealkylation sites (tertiary alicyclic amines) is 1. The Morgan fingerprint density at radius 2 is 1.50 bits per heavy atom. The maximum absolute atomic E-state index is 10.0. The molecule has 0 aliphatic carbocycles. The first-order valence-corrected chi connectivity index (χ1v) is 17.0. The number of aliphatic hydroxyl groups excluding tert-OH is 1. The number of β-amino-alcohol motifs (C(OH)–C–C–N with tert-alkyl or cyclic N) is 1. The third-order valence-corrected chi connectivity index (χ3v) is 9.19. The fourth-order valence-electron chi connectivity index (χ4n) is 6.56. The van der Waals surface area contributed by atoms with E-state index in [1.807, 2.05) is 42.9 Å². The van der Waals surface area contributed by atoms with E-state index in [0.29, 0.717) is 36.8 Å². The lowest BCUT2D eigenvalue weighted by Gasteiger charge is -2.18. The highest BCUT2D eigenvalue weighted by Gasteiger charge is 2.21. The molecule has 1 aliphatic rings. The lowest BCUT2D eigenvalue weighted by Crippen LogP contribution is -2.34. The third-order valence-electron chi connectivity index (χ3n) is 9.19. The molecule has 0 spiro atoms. The van der Waals surface area contributed by atoms with Gasteiger partial charge in [-0.15, -0.1) is 0 Å². The number of hydrogen-bond acceptors (Lipinski definition) is 11. The quantitative estimate of drug-likeness (QED) is 0.108. The molecular formula is C39H43N9O2. The number of aromatic nitrogens is 5. The molecule has 11 nitrogen and oxygen atoms in total. The summed E-state index contributed by atoms with van der Waals surface area (Å²) in [7, 11) is 0. The predicted octanol–water partition coefficient (Wildman–Crippen LogP) is 6.17. The third kappa shape index (κ3) is 7.41. The second kappa shape index (κ2) is 14.0. The SMILES string of the molecule is Cc1c(Nc2nccc3cc(CN4CCC(O)C4)cnc23)cccc1-c1cccc(Nc2ncnc3cc(CNCC(C)(C)O)cnc23)c1C.